The SMILES string of the molecule is CC(C)(Oc1ccc(C(=O)c2ccc(Cl)cc2)cc1)C(=O)[O-].[NH3+]O. The summed E-state index contributed by atoms with van der Waals surface area (Å²) in [6, 6.07) is 12.9. The molecule has 128 valence electrons. The van der Waals surface area contributed by atoms with E-state index in [1.54, 1.807) is 48.5 Å². The predicted octanol–water partition coefficient (Wildman–Crippen LogP) is 1.10. The summed E-state index contributed by atoms with van der Waals surface area (Å²) in [4.78, 5) is 23.2. The molecule has 0 saturated carbocycles. The molecule has 4 N–H and O–H groups in total. The van der Waals surface area contributed by atoms with Crippen molar-refractivity contribution in [3.63, 3.8) is 0 Å². The van der Waals surface area contributed by atoms with Crippen molar-refractivity contribution in [3.8, 4) is 5.75 Å². The molecule has 0 spiro atoms. The first-order chi connectivity index (χ1) is 11.3. The second kappa shape index (κ2) is 8.44. The fraction of sp³-hybridized carbons (Fsp3) is 0.176. The van der Waals surface area contributed by atoms with Crippen LogP contribution < -0.4 is 15.7 Å². The van der Waals surface area contributed by atoms with Crippen molar-refractivity contribution in [2.75, 3.05) is 0 Å². The molecule has 0 saturated heterocycles. The molecule has 0 aliphatic heterocycles. The Morgan fingerprint density at radius 3 is 1.83 bits per heavy atom. The summed E-state index contributed by atoms with van der Waals surface area (Å²) >= 11 is 5.79. The quantitative estimate of drug-likeness (QED) is 0.618. The van der Waals surface area contributed by atoms with Gasteiger partial charge >= 0.3 is 0 Å². The average molecular weight is 352 g/mol. The van der Waals surface area contributed by atoms with Crippen LogP contribution in [0.3, 0.4) is 0 Å². The number of carbonyl (C=O) groups excluding carboxylic acids is 2. The Bertz CT molecular complexity index is 696. The Balaban J connectivity index is 0.00000139. The zero-order valence-electron chi connectivity index (χ0n) is 13.3. The number of rotatable bonds is 5. The van der Waals surface area contributed by atoms with Gasteiger partial charge in [0.05, 0.1) is 5.97 Å². The van der Waals surface area contributed by atoms with Gasteiger partial charge in [0.25, 0.3) is 0 Å². The normalized spacial score (nSPS) is 10.4. The van der Waals surface area contributed by atoms with Crippen molar-refractivity contribution < 1.29 is 30.5 Å². The smallest absolute Gasteiger partial charge is 0.193 e. The molecule has 24 heavy (non-hydrogen) atoms. The maximum atomic E-state index is 12.3. The number of ketones is 1. The first-order valence-electron chi connectivity index (χ1n) is 6.92. The molecule has 0 heterocycles. The van der Waals surface area contributed by atoms with Crippen molar-refractivity contribution in [2.45, 2.75) is 19.4 Å². The minimum Gasteiger partial charge on any atom is -0.546 e. The highest BCUT2D eigenvalue weighted by Crippen LogP contribution is 2.20. The molecule has 0 fully saturated rings. The maximum absolute atomic E-state index is 12.3. The Hall–Kier alpha value is -2.41. The van der Waals surface area contributed by atoms with E-state index in [2.05, 4.69) is 5.90 Å². The van der Waals surface area contributed by atoms with Crippen LogP contribution >= 0.6 is 11.6 Å². The minimum absolute atomic E-state index is 0.151. The number of hydrogen-bond donors (Lipinski definition) is 2. The molecule has 0 radical (unpaired) electrons. The van der Waals surface area contributed by atoms with Gasteiger partial charge in [-0.05, 0) is 62.4 Å². The van der Waals surface area contributed by atoms with Crippen LogP contribution in [0.4, 0.5) is 0 Å². The van der Waals surface area contributed by atoms with E-state index >= 15 is 0 Å². The molecule has 0 aliphatic carbocycles. The van der Waals surface area contributed by atoms with Crippen LogP contribution in [0.5, 0.6) is 5.75 Å². The number of quaternary nitrogens is 1. The Kier molecular flexibility index (Phi) is 6.91. The lowest BCUT2D eigenvalue weighted by Gasteiger charge is -2.27. The van der Waals surface area contributed by atoms with Gasteiger partial charge in [-0.1, -0.05) is 11.6 Å². The fourth-order valence-electron chi connectivity index (χ4n) is 1.78. The third-order valence-electron chi connectivity index (χ3n) is 3.09. The van der Waals surface area contributed by atoms with Crippen LogP contribution in [-0.4, -0.2) is 22.6 Å². The molecule has 0 amide bonds. The third-order valence-corrected chi connectivity index (χ3v) is 3.34. The van der Waals surface area contributed by atoms with Gasteiger partial charge in [0, 0.05) is 16.1 Å². The van der Waals surface area contributed by atoms with Gasteiger partial charge in [0.2, 0.25) is 0 Å². The molecule has 7 heteroatoms. The number of ether oxygens (including phenoxy) is 1. The number of benzene rings is 2. The van der Waals surface area contributed by atoms with E-state index in [4.69, 9.17) is 21.5 Å². The van der Waals surface area contributed by atoms with Gasteiger partial charge in [-0.3, -0.25) is 4.79 Å². The van der Waals surface area contributed by atoms with E-state index in [0.717, 1.165) is 0 Å². The zero-order chi connectivity index (χ0) is 18.3. The van der Waals surface area contributed by atoms with Crippen LogP contribution in [0.25, 0.3) is 0 Å². The largest absolute Gasteiger partial charge is 0.546 e. The van der Waals surface area contributed by atoms with Crippen LogP contribution in [0.2, 0.25) is 5.02 Å². The number of carboxylic acid groups (broad SMARTS) is 1. The van der Waals surface area contributed by atoms with Gasteiger partial charge in [-0.25, -0.2) is 11.1 Å². The minimum atomic E-state index is -1.44. The molecule has 2 rings (SSSR count). The fourth-order valence-corrected chi connectivity index (χ4v) is 1.90. The molecule has 0 bridgehead atoms. The van der Waals surface area contributed by atoms with E-state index < -0.39 is 11.6 Å². The number of hydrogen-bond acceptors (Lipinski definition) is 5. The topological polar surface area (TPSA) is 114 Å². The summed E-state index contributed by atoms with van der Waals surface area (Å²) in [7, 11) is 0. The maximum Gasteiger partial charge on any atom is 0.193 e. The molecule has 0 aromatic heterocycles. The zero-order valence-corrected chi connectivity index (χ0v) is 14.0. The monoisotopic (exact) mass is 351 g/mol. The number of aliphatic carboxylic acids is 1. The van der Waals surface area contributed by atoms with Gasteiger partial charge < -0.3 is 14.6 Å². The second-order valence-corrected chi connectivity index (χ2v) is 5.70. The highest BCUT2D eigenvalue weighted by atomic mass is 35.5. The first kappa shape index (κ1) is 19.6. The van der Waals surface area contributed by atoms with Gasteiger partial charge in [-0.2, -0.15) is 0 Å². The van der Waals surface area contributed by atoms with Crippen LogP contribution in [0, 0.1) is 0 Å². The van der Waals surface area contributed by atoms with Crippen molar-refractivity contribution in [1.29, 1.82) is 0 Å². The van der Waals surface area contributed by atoms with Crippen LogP contribution in [0.15, 0.2) is 48.5 Å². The molecular formula is C17H18ClNO5. The highest BCUT2D eigenvalue weighted by Gasteiger charge is 2.21. The molecular weight excluding hydrogens is 334 g/mol. The number of carboxylic acids is 1. The first-order valence-corrected chi connectivity index (χ1v) is 7.30. The lowest BCUT2D eigenvalue weighted by atomic mass is 10.0. The molecule has 0 aliphatic rings. The lowest BCUT2D eigenvalue weighted by molar-refractivity contribution is -0.670. The van der Waals surface area contributed by atoms with Gasteiger partial charge in [0.1, 0.15) is 11.4 Å². The van der Waals surface area contributed by atoms with E-state index in [0.29, 0.717) is 21.9 Å². The van der Waals surface area contributed by atoms with Crippen LogP contribution in [-0.2, 0) is 4.79 Å². The molecule has 0 atom stereocenters. The van der Waals surface area contributed by atoms with E-state index in [9.17, 15) is 14.7 Å². The third kappa shape index (κ3) is 5.06. The Morgan fingerprint density at radius 1 is 1.00 bits per heavy atom. The van der Waals surface area contributed by atoms with Gasteiger partial charge in [-0.15, -0.1) is 0 Å². The number of carbonyl (C=O) groups is 2. The Labute approximate surface area is 144 Å². The summed E-state index contributed by atoms with van der Waals surface area (Å²) < 4.78 is 5.33. The molecule has 6 nitrogen and oxygen atoms in total. The Morgan fingerprint density at radius 2 is 1.42 bits per heavy atom. The molecule has 2 aromatic rings. The lowest BCUT2D eigenvalue weighted by Crippen LogP contribution is -2.47. The summed E-state index contributed by atoms with van der Waals surface area (Å²) in [5, 5.41) is 18.2. The summed E-state index contributed by atoms with van der Waals surface area (Å²) in [5.74, 6) is 1.14. The molecule has 2 aromatic carbocycles. The second-order valence-electron chi connectivity index (χ2n) is 5.26. The van der Waals surface area contributed by atoms with Gasteiger partial charge in [0.15, 0.2) is 5.78 Å². The summed E-state index contributed by atoms with van der Waals surface area (Å²) in [6.45, 7) is 2.80. The van der Waals surface area contributed by atoms with E-state index in [-0.39, 0.29) is 5.78 Å². The average Bonchev–Trinajstić information content (AvgIpc) is 2.57. The van der Waals surface area contributed by atoms with Crippen molar-refractivity contribution in [2.24, 2.45) is 0 Å². The van der Waals surface area contributed by atoms with E-state index in [1.807, 2.05) is 0 Å². The molecule has 0 unspecified atom stereocenters. The van der Waals surface area contributed by atoms with Crippen LogP contribution in [0.1, 0.15) is 29.8 Å². The van der Waals surface area contributed by atoms with E-state index in [1.165, 1.54) is 13.8 Å². The van der Waals surface area contributed by atoms with Crippen molar-refractivity contribution in [3.05, 3.63) is 64.7 Å². The number of halogens is 1. The van der Waals surface area contributed by atoms with Crippen molar-refractivity contribution in [1.82, 2.24) is 0 Å². The van der Waals surface area contributed by atoms with Crippen molar-refractivity contribution >= 4 is 23.4 Å². The standard InChI is InChI=1S/C17H15ClO4.H4NO/c1-17(2,16(20)21)22-14-9-5-12(6-10-14)15(19)11-3-7-13(18)8-4-11;1-2/h3-10H,1-2H3,(H,20,21);2H,1H3/q;+1/p-1. The summed E-state index contributed by atoms with van der Waals surface area (Å²) in [6.07, 6.45) is 0. The predicted molar refractivity (Wildman–Crippen MR) is 85.7 cm³/mol. The summed E-state index contributed by atoms with van der Waals surface area (Å²) in [5.41, 5.74) is -0.448. The highest BCUT2D eigenvalue weighted by molar-refractivity contribution is 6.30.